The van der Waals surface area contributed by atoms with Crippen LogP contribution in [-0.4, -0.2) is 26.5 Å². The second kappa shape index (κ2) is 4.84. The summed E-state index contributed by atoms with van der Waals surface area (Å²) in [5.74, 6) is 2.56. The summed E-state index contributed by atoms with van der Waals surface area (Å²) in [6.45, 7) is 1.56. The fourth-order valence-electron chi connectivity index (χ4n) is 2.03. The van der Waals surface area contributed by atoms with Gasteiger partial charge in [0.1, 0.15) is 11.5 Å². The van der Waals surface area contributed by atoms with Crippen molar-refractivity contribution in [1.82, 2.24) is 0 Å². The van der Waals surface area contributed by atoms with E-state index in [1.54, 1.807) is 7.11 Å². The van der Waals surface area contributed by atoms with Crippen LogP contribution in [0.25, 0.3) is 5.57 Å². The number of benzene rings is 1. The SMILES string of the molecule is COc1ccc(OCC2CC2)c(C2=CC=NC2)c1. The Kier molecular flexibility index (Phi) is 3.05. The minimum Gasteiger partial charge on any atom is -0.497 e. The van der Waals surface area contributed by atoms with Crippen LogP contribution in [0.15, 0.2) is 29.3 Å². The number of allylic oxidation sites excluding steroid dienone is 1. The fourth-order valence-corrected chi connectivity index (χ4v) is 2.03. The number of ether oxygens (including phenoxy) is 2. The van der Waals surface area contributed by atoms with E-state index in [0.717, 1.165) is 36.1 Å². The van der Waals surface area contributed by atoms with Gasteiger partial charge in [-0.2, -0.15) is 0 Å². The van der Waals surface area contributed by atoms with E-state index in [9.17, 15) is 0 Å². The van der Waals surface area contributed by atoms with Crippen molar-refractivity contribution in [2.24, 2.45) is 10.9 Å². The minimum absolute atomic E-state index is 0.729. The molecule has 0 spiro atoms. The Balaban J connectivity index is 1.85. The molecule has 1 aliphatic heterocycles. The zero-order valence-corrected chi connectivity index (χ0v) is 10.6. The molecule has 1 heterocycles. The normalized spacial score (nSPS) is 17.7. The van der Waals surface area contributed by atoms with Gasteiger partial charge in [0.05, 0.1) is 20.3 Å². The van der Waals surface area contributed by atoms with Crippen molar-refractivity contribution in [3.8, 4) is 11.5 Å². The second-order valence-corrected chi connectivity index (χ2v) is 4.80. The summed E-state index contributed by atoms with van der Waals surface area (Å²) >= 11 is 0. The Bertz CT molecular complexity index is 501. The Hall–Kier alpha value is -1.77. The molecule has 0 aromatic heterocycles. The Morgan fingerprint density at radius 1 is 1.33 bits per heavy atom. The third-order valence-electron chi connectivity index (χ3n) is 3.35. The molecule has 0 bridgehead atoms. The predicted molar refractivity (Wildman–Crippen MR) is 72.5 cm³/mol. The van der Waals surface area contributed by atoms with Crippen molar-refractivity contribution in [2.45, 2.75) is 12.8 Å². The number of aliphatic imine (C=N–C) groups is 1. The second-order valence-electron chi connectivity index (χ2n) is 4.80. The molecule has 94 valence electrons. The first-order chi connectivity index (χ1) is 8.86. The highest BCUT2D eigenvalue weighted by Crippen LogP contribution is 2.34. The summed E-state index contributed by atoms with van der Waals surface area (Å²) in [6, 6.07) is 5.97. The lowest BCUT2D eigenvalue weighted by atomic mass is 10.1. The molecule has 0 atom stereocenters. The lowest BCUT2D eigenvalue weighted by Crippen LogP contribution is -2.02. The third kappa shape index (κ3) is 2.40. The highest BCUT2D eigenvalue weighted by atomic mass is 16.5. The van der Waals surface area contributed by atoms with Gasteiger partial charge in [-0.05, 0) is 48.6 Å². The van der Waals surface area contributed by atoms with E-state index in [1.165, 1.54) is 18.4 Å². The van der Waals surface area contributed by atoms with Crippen LogP contribution >= 0.6 is 0 Å². The van der Waals surface area contributed by atoms with E-state index in [1.807, 2.05) is 30.5 Å². The summed E-state index contributed by atoms with van der Waals surface area (Å²) in [7, 11) is 1.68. The average Bonchev–Trinajstić information content (AvgIpc) is 3.08. The standard InChI is InChI=1S/C15H17NO2/c1-17-13-4-5-15(18-10-11-2-3-11)14(8-13)12-6-7-16-9-12/h4-8,11H,2-3,9-10H2,1H3. The molecule has 0 saturated heterocycles. The molecule has 1 aliphatic carbocycles. The predicted octanol–water partition coefficient (Wildman–Crippen LogP) is 2.95. The summed E-state index contributed by atoms with van der Waals surface area (Å²) < 4.78 is 11.2. The molecular weight excluding hydrogens is 226 g/mol. The van der Waals surface area contributed by atoms with Crippen LogP contribution in [0.3, 0.4) is 0 Å². The van der Waals surface area contributed by atoms with E-state index in [4.69, 9.17) is 9.47 Å². The fraction of sp³-hybridized carbons (Fsp3) is 0.400. The summed E-state index contributed by atoms with van der Waals surface area (Å²) in [6.07, 6.45) is 6.49. The summed E-state index contributed by atoms with van der Waals surface area (Å²) in [5.41, 5.74) is 2.30. The van der Waals surface area contributed by atoms with Gasteiger partial charge in [0, 0.05) is 11.8 Å². The van der Waals surface area contributed by atoms with Crippen molar-refractivity contribution in [2.75, 3.05) is 20.3 Å². The van der Waals surface area contributed by atoms with Gasteiger partial charge >= 0.3 is 0 Å². The molecule has 3 heteroatoms. The van der Waals surface area contributed by atoms with Crippen LogP contribution < -0.4 is 9.47 Å². The van der Waals surface area contributed by atoms with Crippen LogP contribution in [-0.2, 0) is 0 Å². The maximum atomic E-state index is 5.92. The minimum atomic E-state index is 0.729. The Morgan fingerprint density at radius 2 is 2.22 bits per heavy atom. The van der Waals surface area contributed by atoms with Crippen LogP contribution in [0.4, 0.5) is 0 Å². The molecule has 0 amide bonds. The maximum absolute atomic E-state index is 5.92. The summed E-state index contributed by atoms with van der Waals surface area (Å²) in [5, 5.41) is 0. The molecule has 1 aromatic carbocycles. The third-order valence-corrected chi connectivity index (χ3v) is 3.35. The smallest absolute Gasteiger partial charge is 0.127 e. The molecule has 3 nitrogen and oxygen atoms in total. The lowest BCUT2D eigenvalue weighted by molar-refractivity contribution is 0.298. The van der Waals surface area contributed by atoms with E-state index in [-0.39, 0.29) is 0 Å². The first-order valence-electron chi connectivity index (χ1n) is 6.37. The number of hydrogen-bond donors (Lipinski definition) is 0. The highest BCUT2D eigenvalue weighted by Gasteiger charge is 2.23. The topological polar surface area (TPSA) is 30.8 Å². The van der Waals surface area contributed by atoms with Crippen molar-refractivity contribution < 1.29 is 9.47 Å². The van der Waals surface area contributed by atoms with Crippen LogP contribution in [0.2, 0.25) is 0 Å². The van der Waals surface area contributed by atoms with E-state index in [2.05, 4.69) is 4.99 Å². The molecule has 1 saturated carbocycles. The van der Waals surface area contributed by atoms with Crippen molar-refractivity contribution >= 4 is 11.8 Å². The van der Waals surface area contributed by atoms with E-state index in [0.29, 0.717) is 0 Å². The van der Waals surface area contributed by atoms with Gasteiger partial charge in [-0.15, -0.1) is 0 Å². The molecule has 2 aliphatic rings. The van der Waals surface area contributed by atoms with E-state index >= 15 is 0 Å². The molecule has 0 radical (unpaired) electrons. The van der Waals surface area contributed by atoms with Gasteiger partial charge in [0.2, 0.25) is 0 Å². The Labute approximate surface area is 107 Å². The van der Waals surface area contributed by atoms with Crippen molar-refractivity contribution in [3.05, 3.63) is 29.8 Å². The number of rotatable bonds is 5. The molecule has 18 heavy (non-hydrogen) atoms. The van der Waals surface area contributed by atoms with Gasteiger partial charge in [0.25, 0.3) is 0 Å². The number of hydrogen-bond acceptors (Lipinski definition) is 3. The first kappa shape index (κ1) is 11.3. The van der Waals surface area contributed by atoms with Crippen LogP contribution in [0.5, 0.6) is 11.5 Å². The molecule has 0 N–H and O–H groups in total. The molecule has 0 unspecified atom stereocenters. The van der Waals surface area contributed by atoms with Gasteiger partial charge < -0.3 is 9.47 Å². The van der Waals surface area contributed by atoms with Gasteiger partial charge in [0.15, 0.2) is 0 Å². The van der Waals surface area contributed by atoms with Crippen molar-refractivity contribution in [3.63, 3.8) is 0 Å². The number of methoxy groups -OCH3 is 1. The number of nitrogens with zero attached hydrogens (tertiary/aromatic N) is 1. The zero-order chi connectivity index (χ0) is 12.4. The quantitative estimate of drug-likeness (QED) is 0.796. The average molecular weight is 243 g/mol. The lowest BCUT2D eigenvalue weighted by Gasteiger charge is -2.13. The van der Waals surface area contributed by atoms with Crippen LogP contribution in [0, 0.1) is 5.92 Å². The molecule has 1 fully saturated rings. The first-order valence-corrected chi connectivity index (χ1v) is 6.37. The molecule has 1 aromatic rings. The maximum Gasteiger partial charge on any atom is 0.127 e. The highest BCUT2D eigenvalue weighted by molar-refractivity contribution is 5.91. The molecular formula is C15H17NO2. The van der Waals surface area contributed by atoms with Crippen molar-refractivity contribution in [1.29, 1.82) is 0 Å². The van der Waals surface area contributed by atoms with Crippen LogP contribution in [0.1, 0.15) is 18.4 Å². The molecule has 3 rings (SSSR count). The van der Waals surface area contributed by atoms with E-state index < -0.39 is 0 Å². The Morgan fingerprint density at radius 3 is 2.89 bits per heavy atom. The van der Waals surface area contributed by atoms with Gasteiger partial charge in [-0.1, -0.05) is 0 Å². The largest absolute Gasteiger partial charge is 0.497 e. The van der Waals surface area contributed by atoms with Gasteiger partial charge in [-0.3, -0.25) is 4.99 Å². The van der Waals surface area contributed by atoms with Gasteiger partial charge in [-0.25, -0.2) is 0 Å². The monoisotopic (exact) mass is 243 g/mol. The zero-order valence-electron chi connectivity index (χ0n) is 10.6. The summed E-state index contributed by atoms with van der Waals surface area (Å²) in [4.78, 5) is 4.23.